The zero-order chi connectivity index (χ0) is 14.1. The maximum atomic E-state index is 12.4. The second-order valence-electron chi connectivity index (χ2n) is 5.57. The van der Waals surface area contributed by atoms with Gasteiger partial charge in [0.05, 0.1) is 16.1 Å². The minimum atomic E-state index is 0.00101. The van der Waals surface area contributed by atoms with Crippen molar-refractivity contribution in [3.8, 4) is 0 Å². The molecular formula is C15H17Cl2NO2. The van der Waals surface area contributed by atoms with E-state index in [-0.39, 0.29) is 12.0 Å². The highest BCUT2D eigenvalue weighted by atomic mass is 35.5. The number of nitrogens with zero attached hydrogens (tertiary/aromatic N) is 1. The maximum Gasteiger partial charge on any atom is 0.253 e. The molecule has 0 radical (unpaired) electrons. The quantitative estimate of drug-likeness (QED) is 0.849. The summed E-state index contributed by atoms with van der Waals surface area (Å²) in [6.45, 7) is 2.26. The number of rotatable bonds is 4. The fourth-order valence-electron chi connectivity index (χ4n) is 2.42. The second-order valence-corrected chi connectivity index (χ2v) is 6.38. The van der Waals surface area contributed by atoms with Crippen LogP contribution < -0.4 is 0 Å². The third-order valence-corrected chi connectivity index (χ3v) is 4.60. The summed E-state index contributed by atoms with van der Waals surface area (Å²) in [4.78, 5) is 14.2. The SMILES string of the molecule is O=C(c1ccc(Cl)c(Cl)c1)N1CC[C@H](OCC2CC2)C1. The highest BCUT2D eigenvalue weighted by Gasteiger charge is 2.30. The first-order valence-corrected chi connectivity index (χ1v) is 7.75. The Labute approximate surface area is 128 Å². The summed E-state index contributed by atoms with van der Waals surface area (Å²) in [5, 5.41) is 0.883. The van der Waals surface area contributed by atoms with Crippen molar-refractivity contribution in [1.29, 1.82) is 0 Å². The van der Waals surface area contributed by atoms with Gasteiger partial charge in [0.25, 0.3) is 5.91 Å². The summed E-state index contributed by atoms with van der Waals surface area (Å²) in [6.07, 6.45) is 3.68. The first kappa shape index (κ1) is 14.2. The van der Waals surface area contributed by atoms with E-state index < -0.39 is 0 Å². The topological polar surface area (TPSA) is 29.5 Å². The predicted octanol–water partition coefficient (Wildman–Crippen LogP) is 3.63. The van der Waals surface area contributed by atoms with E-state index in [0.717, 1.165) is 25.5 Å². The summed E-state index contributed by atoms with van der Waals surface area (Å²) in [6, 6.07) is 5.01. The summed E-state index contributed by atoms with van der Waals surface area (Å²) in [5.41, 5.74) is 0.585. The van der Waals surface area contributed by atoms with Crippen LogP contribution in [0.5, 0.6) is 0 Å². The first-order chi connectivity index (χ1) is 9.63. The molecule has 3 rings (SSSR count). The summed E-state index contributed by atoms with van der Waals surface area (Å²) < 4.78 is 5.84. The molecule has 1 heterocycles. The number of ether oxygens (including phenoxy) is 1. The Balaban J connectivity index is 1.58. The number of likely N-dealkylation sites (tertiary alicyclic amines) is 1. The summed E-state index contributed by atoms with van der Waals surface area (Å²) in [5.74, 6) is 0.760. The van der Waals surface area contributed by atoms with Crippen LogP contribution in [0.1, 0.15) is 29.6 Å². The molecular weight excluding hydrogens is 297 g/mol. The summed E-state index contributed by atoms with van der Waals surface area (Å²) >= 11 is 11.8. The van der Waals surface area contributed by atoms with Crippen LogP contribution in [-0.2, 0) is 4.74 Å². The first-order valence-electron chi connectivity index (χ1n) is 6.99. The molecule has 108 valence electrons. The molecule has 0 bridgehead atoms. The fourth-order valence-corrected chi connectivity index (χ4v) is 2.72. The van der Waals surface area contributed by atoms with Gasteiger partial charge in [-0.2, -0.15) is 0 Å². The van der Waals surface area contributed by atoms with Gasteiger partial charge in [0.2, 0.25) is 0 Å². The molecule has 0 aromatic heterocycles. The van der Waals surface area contributed by atoms with Gasteiger partial charge in [-0.3, -0.25) is 4.79 Å². The molecule has 2 aliphatic rings. The van der Waals surface area contributed by atoms with E-state index in [9.17, 15) is 4.79 Å². The Morgan fingerprint density at radius 1 is 1.25 bits per heavy atom. The second kappa shape index (κ2) is 5.92. The van der Waals surface area contributed by atoms with E-state index in [1.54, 1.807) is 18.2 Å². The Bertz CT molecular complexity index is 517. The lowest BCUT2D eigenvalue weighted by Crippen LogP contribution is -2.30. The van der Waals surface area contributed by atoms with Crippen LogP contribution in [0.4, 0.5) is 0 Å². The molecule has 20 heavy (non-hydrogen) atoms. The maximum absolute atomic E-state index is 12.4. The number of benzene rings is 1. The van der Waals surface area contributed by atoms with Crippen LogP contribution in [0, 0.1) is 5.92 Å². The van der Waals surface area contributed by atoms with Gasteiger partial charge in [0.15, 0.2) is 0 Å². The number of hydrogen-bond acceptors (Lipinski definition) is 2. The number of halogens is 2. The van der Waals surface area contributed by atoms with E-state index in [2.05, 4.69) is 0 Å². The van der Waals surface area contributed by atoms with Gasteiger partial charge in [0.1, 0.15) is 0 Å². The van der Waals surface area contributed by atoms with E-state index >= 15 is 0 Å². The van der Waals surface area contributed by atoms with Gasteiger partial charge < -0.3 is 9.64 Å². The Kier molecular flexibility index (Phi) is 4.20. The molecule has 3 nitrogen and oxygen atoms in total. The van der Waals surface area contributed by atoms with Gasteiger partial charge in [-0.05, 0) is 43.4 Å². The van der Waals surface area contributed by atoms with Crippen molar-refractivity contribution in [2.45, 2.75) is 25.4 Å². The average Bonchev–Trinajstić information content (AvgIpc) is 3.16. The van der Waals surface area contributed by atoms with Gasteiger partial charge in [-0.25, -0.2) is 0 Å². The molecule has 1 amide bonds. The minimum Gasteiger partial charge on any atom is -0.376 e. The molecule has 1 saturated heterocycles. The van der Waals surface area contributed by atoms with Crippen molar-refractivity contribution < 1.29 is 9.53 Å². The van der Waals surface area contributed by atoms with Crippen LogP contribution >= 0.6 is 23.2 Å². The molecule has 1 aliphatic carbocycles. The van der Waals surface area contributed by atoms with Crippen molar-refractivity contribution >= 4 is 29.1 Å². The van der Waals surface area contributed by atoms with Gasteiger partial charge in [-0.1, -0.05) is 23.2 Å². The lowest BCUT2D eigenvalue weighted by molar-refractivity contribution is 0.0480. The van der Waals surface area contributed by atoms with E-state index in [4.69, 9.17) is 27.9 Å². The standard InChI is InChI=1S/C15H17Cl2NO2/c16-13-4-3-11(7-14(13)17)15(19)18-6-5-12(8-18)20-9-10-1-2-10/h3-4,7,10,12H,1-2,5-6,8-9H2/t12-/m0/s1. The normalized spacial score (nSPS) is 22.3. The lowest BCUT2D eigenvalue weighted by atomic mass is 10.2. The largest absolute Gasteiger partial charge is 0.376 e. The molecule has 1 saturated carbocycles. The van der Waals surface area contributed by atoms with Gasteiger partial charge in [0, 0.05) is 25.3 Å². The zero-order valence-corrected chi connectivity index (χ0v) is 12.7. The van der Waals surface area contributed by atoms with Crippen molar-refractivity contribution in [1.82, 2.24) is 4.90 Å². The number of carbonyl (C=O) groups excluding carboxylic acids is 1. The van der Waals surface area contributed by atoms with E-state index in [1.165, 1.54) is 12.8 Å². The molecule has 1 aromatic carbocycles. The third-order valence-electron chi connectivity index (χ3n) is 3.86. The monoisotopic (exact) mass is 313 g/mol. The van der Waals surface area contributed by atoms with Crippen LogP contribution in [-0.4, -0.2) is 36.6 Å². The average molecular weight is 314 g/mol. The molecule has 1 aromatic rings. The third kappa shape index (κ3) is 3.27. The molecule has 1 atom stereocenters. The van der Waals surface area contributed by atoms with Gasteiger partial charge in [-0.15, -0.1) is 0 Å². The highest BCUT2D eigenvalue weighted by molar-refractivity contribution is 6.42. The van der Waals surface area contributed by atoms with Crippen LogP contribution in [0.2, 0.25) is 10.0 Å². The molecule has 0 N–H and O–H groups in total. The number of carbonyl (C=O) groups is 1. The highest BCUT2D eigenvalue weighted by Crippen LogP contribution is 2.30. The van der Waals surface area contributed by atoms with Crippen molar-refractivity contribution in [2.24, 2.45) is 5.92 Å². The number of amides is 1. The minimum absolute atomic E-state index is 0.00101. The molecule has 2 fully saturated rings. The van der Waals surface area contributed by atoms with Crippen LogP contribution in [0.3, 0.4) is 0 Å². The number of hydrogen-bond donors (Lipinski definition) is 0. The van der Waals surface area contributed by atoms with Gasteiger partial charge >= 0.3 is 0 Å². The lowest BCUT2D eigenvalue weighted by Gasteiger charge is -2.17. The Hall–Kier alpha value is -0.770. The Morgan fingerprint density at radius 3 is 2.75 bits per heavy atom. The van der Waals surface area contributed by atoms with E-state index in [1.807, 2.05) is 4.90 Å². The van der Waals surface area contributed by atoms with Crippen molar-refractivity contribution in [2.75, 3.05) is 19.7 Å². The fraction of sp³-hybridized carbons (Fsp3) is 0.533. The predicted molar refractivity (Wildman–Crippen MR) is 79.4 cm³/mol. The van der Waals surface area contributed by atoms with Crippen molar-refractivity contribution in [3.05, 3.63) is 33.8 Å². The molecule has 0 spiro atoms. The molecule has 1 aliphatic heterocycles. The van der Waals surface area contributed by atoms with Crippen LogP contribution in [0.25, 0.3) is 0 Å². The van der Waals surface area contributed by atoms with Crippen molar-refractivity contribution in [3.63, 3.8) is 0 Å². The molecule has 5 heteroatoms. The van der Waals surface area contributed by atoms with E-state index in [0.29, 0.717) is 22.2 Å². The zero-order valence-electron chi connectivity index (χ0n) is 11.1. The summed E-state index contributed by atoms with van der Waals surface area (Å²) in [7, 11) is 0. The smallest absolute Gasteiger partial charge is 0.253 e. The van der Waals surface area contributed by atoms with Crippen LogP contribution in [0.15, 0.2) is 18.2 Å². The molecule has 0 unspecified atom stereocenters. The Morgan fingerprint density at radius 2 is 2.05 bits per heavy atom.